The van der Waals surface area contributed by atoms with Gasteiger partial charge in [0.05, 0.1) is 0 Å². The molecule has 1 aliphatic heterocycles. The van der Waals surface area contributed by atoms with Crippen LogP contribution in [0.3, 0.4) is 0 Å². The number of benzene rings is 2. The number of likely N-dealkylation sites (tertiary alicyclic amines) is 1. The van der Waals surface area contributed by atoms with Gasteiger partial charge in [-0.15, -0.1) is 10.2 Å². The van der Waals surface area contributed by atoms with Crippen molar-refractivity contribution >= 4 is 5.91 Å². The molecule has 2 aromatic carbocycles. The quantitative estimate of drug-likeness (QED) is 0.698. The molecule has 6 nitrogen and oxygen atoms in total. The molecule has 2 heterocycles. The molecule has 1 saturated heterocycles. The number of halogens is 1. The van der Waals surface area contributed by atoms with E-state index in [1.807, 2.05) is 12.1 Å². The number of nitrogens with two attached hydrogens (primary N) is 1. The predicted octanol–water partition coefficient (Wildman–Crippen LogP) is 3.74. The van der Waals surface area contributed by atoms with Crippen LogP contribution in [0.1, 0.15) is 47.0 Å². The number of hydrogen-bond acceptors (Lipinski definition) is 5. The van der Waals surface area contributed by atoms with Gasteiger partial charge in [0.2, 0.25) is 17.7 Å². The van der Waals surface area contributed by atoms with Crippen molar-refractivity contribution in [3.63, 3.8) is 0 Å². The third kappa shape index (κ3) is 3.61. The van der Waals surface area contributed by atoms with Crippen molar-refractivity contribution in [2.75, 3.05) is 13.1 Å². The standard InChI is InChI=1S/C23H23FN4O2/c24-18-3-1-2-17(12-18)21-26-27-22(30-21)19-13-23(19)8-10-28(11-9-23)14-15-4-6-16(7-5-15)20(25)29/h1-7,12,19H,8-11,13-14H2,(H2,25,29). The van der Waals surface area contributed by atoms with Gasteiger partial charge < -0.3 is 10.2 Å². The summed E-state index contributed by atoms with van der Waals surface area (Å²) in [4.78, 5) is 13.6. The Bertz CT molecular complexity index is 1070. The molecule has 5 rings (SSSR count). The molecule has 2 N–H and O–H groups in total. The number of carbonyl (C=O) groups excluding carboxylic acids is 1. The van der Waals surface area contributed by atoms with E-state index in [0.29, 0.717) is 28.8 Å². The number of hydrogen-bond donors (Lipinski definition) is 1. The molecule has 3 aromatic rings. The zero-order valence-corrected chi connectivity index (χ0v) is 16.6. The van der Waals surface area contributed by atoms with Crippen molar-refractivity contribution in [3.05, 3.63) is 71.4 Å². The third-order valence-electron chi connectivity index (χ3n) is 6.50. The first-order valence-electron chi connectivity index (χ1n) is 10.2. The molecule has 2 aliphatic rings. The second-order valence-electron chi connectivity index (χ2n) is 8.41. The van der Waals surface area contributed by atoms with Crippen molar-refractivity contribution < 1.29 is 13.6 Å². The van der Waals surface area contributed by atoms with Gasteiger partial charge in [-0.2, -0.15) is 0 Å². The molecule has 154 valence electrons. The van der Waals surface area contributed by atoms with Crippen LogP contribution in [0.25, 0.3) is 11.5 Å². The summed E-state index contributed by atoms with van der Waals surface area (Å²) < 4.78 is 19.3. The maximum Gasteiger partial charge on any atom is 0.248 e. The van der Waals surface area contributed by atoms with Gasteiger partial charge in [-0.25, -0.2) is 4.39 Å². The first-order valence-corrected chi connectivity index (χ1v) is 10.2. The highest BCUT2D eigenvalue weighted by molar-refractivity contribution is 5.92. The number of carbonyl (C=O) groups is 1. The first-order chi connectivity index (χ1) is 14.5. The summed E-state index contributed by atoms with van der Waals surface area (Å²) in [6, 6.07) is 13.7. The highest BCUT2D eigenvalue weighted by atomic mass is 19.1. The number of amides is 1. The van der Waals surface area contributed by atoms with Crippen LogP contribution < -0.4 is 5.73 Å². The van der Waals surface area contributed by atoms with Gasteiger partial charge in [0.1, 0.15) is 5.82 Å². The Morgan fingerprint density at radius 2 is 1.93 bits per heavy atom. The Hall–Kier alpha value is -3.06. The minimum absolute atomic E-state index is 0.248. The SMILES string of the molecule is NC(=O)c1ccc(CN2CCC3(CC2)CC3c2nnc(-c3cccc(F)c3)o2)cc1. The molecule has 1 unspecified atom stereocenters. The van der Waals surface area contributed by atoms with Gasteiger partial charge in [-0.3, -0.25) is 9.69 Å². The second-order valence-corrected chi connectivity index (χ2v) is 8.41. The Morgan fingerprint density at radius 1 is 1.17 bits per heavy atom. The zero-order chi connectivity index (χ0) is 20.7. The molecule has 30 heavy (non-hydrogen) atoms. The smallest absolute Gasteiger partial charge is 0.248 e. The molecule has 0 bridgehead atoms. The summed E-state index contributed by atoms with van der Waals surface area (Å²) in [6.07, 6.45) is 3.25. The molecule has 7 heteroatoms. The van der Waals surface area contributed by atoms with E-state index in [-0.39, 0.29) is 11.2 Å². The third-order valence-corrected chi connectivity index (χ3v) is 6.50. The van der Waals surface area contributed by atoms with E-state index < -0.39 is 5.91 Å². The molecular formula is C23H23FN4O2. The van der Waals surface area contributed by atoms with Crippen molar-refractivity contribution in [2.24, 2.45) is 11.1 Å². The van der Waals surface area contributed by atoms with Crippen molar-refractivity contribution in [2.45, 2.75) is 31.7 Å². The number of rotatable bonds is 5. The summed E-state index contributed by atoms with van der Waals surface area (Å²) >= 11 is 0. The monoisotopic (exact) mass is 406 g/mol. The first kappa shape index (κ1) is 18.9. The molecule has 2 fully saturated rings. The zero-order valence-electron chi connectivity index (χ0n) is 16.6. The van der Waals surface area contributed by atoms with Crippen LogP contribution in [-0.4, -0.2) is 34.1 Å². The van der Waals surface area contributed by atoms with E-state index in [9.17, 15) is 9.18 Å². The van der Waals surface area contributed by atoms with Crippen LogP contribution in [-0.2, 0) is 6.54 Å². The van der Waals surface area contributed by atoms with Crippen molar-refractivity contribution in [1.29, 1.82) is 0 Å². The Morgan fingerprint density at radius 3 is 2.63 bits per heavy atom. The van der Waals surface area contributed by atoms with Crippen LogP contribution >= 0.6 is 0 Å². The average Bonchev–Trinajstić information content (AvgIpc) is 3.21. The van der Waals surface area contributed by atoms with Crippen LogP contribution in [0.2, 0.25) is 0 Å². The maximum absolute atomic E-state index is 13.4. The minimum atomic E-state index is -0.400. The lowest BCUT2D eigenvalue weighted by molar-refractivity contribution is 0.1000. The van der Waals surface area contributed by atoms with Gasteiger partial charge in [0, 0.05) is 23.6 Å². The number of primary amides is 1. The lowest BCUT2D eigenvalue weighted by Crippen LogP contribution is -2.34. The average molecular weight is 406 g/mol. The molecule has 1 atom stereocenters. The van der Waals surface area contributed by atoms with Crippen LogP contribution in [0.4, 0.5) is 4.39 Å². The van der Waals surface area contributed by atoms with Crippen LogP contribution in [0.5, 0.6) is 0 Å². The van der Waals surface area contributed by atoms with E-state index in [0.717, 1.165) is 38.9 Å². The molecule has 1 aromatic heterocycles. The molecule has 1 aliphatic carbocycles. The summed E-state index contributed by atoms with van der Waals surface area (Å²) in [5.41, 5.74) is 7.88. The Kier molecular flexibility index (Phi) is 4.62. The van der Waals surface area contributed by atoms with Gasteiger partial charge in [-0.05, 0) is 73.7 Å². The number of nitrogens with zero attached hydrogens (tertiary/aromatic N) is 3. The lowest BCUT2D eigenvalue weighted by atomic mass is 9.90. The topological polar surface area (TPSA) is 85.3 Å². The number of piperidine rings is 1. The van der Waals surface area contributed by atoms with Crippen molar-refractivity contribution in [3.8, 4) is 11.5 Å². The molecule has 1 spiro atoms. The normalized spacial score (nSPS) is 20.4. The predicted molar refractivity (Wildman–Crippen MR) is 109 cm³/mol. The van der Waals surface area contributed by atoms with Crippen LogP contribution in [0, 0.1) is 11.2 Å². The van der Waals surface area contributed by atoms with E-state index >= 15 is 0 Å². The molecule has 1 saturated carbocycles. The fraction of sp³-hybridized carbons (Fsp3) is 0.348. The Labute approximate surface area is 173 Å². The summed E-state index contributed by atoms with van der Waals surface area (Å²) in [6.45, 7) is 2.89. The minimum Gasteiger partial charge on any atom is -0.420 e. The summed E-state index contributed by atoms with van der Waals surface area (Å²) in [5.74, 6) is 0.632. The molecule has 1 amide bonds. The van der Waals surface area contributed by atoms with Gasteiger partial charge >= 0.3 is 0 Å². The molecule has 0 radical (unpaired) electrons. The highest BCUT2D eigenvalue weighted by Crippen LogP contribution is 2.64. The fourth-order valence-electron chi connectivity index (χ4n) is 4.55. The van der Waals surface area contributed by atoms with E-state index in [2.05, 4.69) is 15.1 Å². The van der Waals surface area contributed by atoms with Gasteiger partial charge in [-0.1, -0.05) is 18.2 Å². The van der Waals surface area contributed by atoms with E-state index in [1.54, 1.807) is 24.3 Å². The highest BCUT2D eigenvalue weighted by Gasteiger charge is 2.58. The second kappa shape index (κ2) is 7.32. The van der Waals surface area contributed by atoms with Gasteiger partial charge in [0.15, 0.2) is 0 Å². The maximum atomic E-state index is 13.4. The van der Waals surface area contributed by atoms with Gasteiger partial charge in [0.25, 0.3) is 0 Å². The number of aromatic nitrogens is 2. The van der Waals surface area contributed by atoms with Crippen LogP contribution in [0.15, 0.2) is 52.9 Å². The van der Waals surface area contributed by atoms with E-state index in [1.165, 1.54) is 17.7 Å². The Balaban J connectivity index is 1.19. The summed E-state index contributed by atoms with van der Waals surface area (Å²) in [7, 11) is 0. The van der Waals surface area contributed by atoms with E-state index in [4.69, 9.17) is 10.2 Å². The largest absolute Gasteiger partial charge is 0.420 e. The van der Waals surface area contributed by atoms with Crippen molar-refractivity contribution in [1.82, 2.24) is 15.1 Å². The summed E-state index contributed by atoms with van der Waals surface area (Å²) in [5, 5.41) is 8.38. The lowest BCUT2D eigenvalue weighted by Gasteiger charge is -2.32. The molecular weight excluding hydrogens is 383 g/mol. The fourth-order valence-corrected chi connectivity index (χ4v) is 4.55.